The van der Waals surface area contributed by atoms with Gasteiger partial charge in [-0.3, -0.25) is 10.1 Å². The van der Waals surface area contributed by atoms with Gasteiger partial charge in [-0.1, -0.05) is 19.4 Å². The van der Waals surface area contributed by atoms with Gasteiger partial charge in [0, 0.05) is 24.4 Å². The van der Waals surface area contributed by atoms with Crippen LogP contribution in [0.5, 0.6) is 0 Å². The van der Waals surface area contributed by atoms with Crippen LogP contribution in [0.4, 0.5) is 11.4 Å². The molecule has 0 spiro atoms. The maximum atomic E-state index is 10.5. The van der Waals surface area contributed by atoms with Crippen molar-refractivity contribution in [3.8, 4) is 0 Å². The summed E-state index contributed by atoms with van der Waals surface area (Å²) in [6.45, 7) is 2.97. The average molecular weight is 194 g/mol. The summed E-state index contributed by atoms with van der Waals surface area (Å²) in [5.41, 5.74) is 0.944. The number of benzene rings is 1. The highest BCUT2D eigenvalue weighted by molar-refractivity contribution is 5.50. The van der Waals surface area contributed by atoms with Crippen LogP contribution in [0.1, 0.15) is 19.8 Å². The fourth-order valence-electron chi connectivity index (χ4n) is 1.14. The van der Waals surface area contributed by atoms with E-state index in [4.69, 9.17) is 0 Å². The Labute approximate surface area is 83.1 Å². The third kappa shape index (κ3) is 3.05. The van der Waals surface area contributed by atoms with E-state index in [9.17, 15) is 10.1 Å². The molecular weight excluding hydrogens is 180 g/mol. The first kappa shape index (κ1) is 10.5. The van der Waals surface area contributed by atoms with Crippen LogP contribution in [-0.4, -0.2) is 11.5 Å². The zero-order chi connectivity index (χ0) is 10.4. The third-order valence-corrected chi connectivity index (χ3v) is 1.92. The maximum Gasteiger partial charge on any atom is 0.271 e. The van der Waals surface area contributed by atoms with Gasteiger partial charge in [0.25, 0.3) is 5.69 Å². The molecule has 1 aromatic rings. The summed E-state index contributed by atoms with van der Waals surface area (Å²) >= 11 is 0. The molecule has 0 bridgehead atoms. The minimum absolute atomic E-state index is 0.131. The van der Waals surface area contributed by atoms with E-state index in [-0.39, 0.29) is 10.6 Å². The molecule has 0 saturated heterocycles. The molecule has 1 rings (SSSR count). The molecular formula is C10H14N2O2. The molecule has 4 nitrogen and oxygen atoms in total. The van der Waals surface area contributed by atoms with Crippen molar-refractivity contribution in [2.45, 2.75) is 19.8 Å². The van der Waals surface area contributed by atoms with Gasteiger partial charge in [0.1, 0.15) is 0 Å². The zero-order valence-electron chi connectivity index (χ0n) is 8.19. The molecule has 0 unspecified atom stereocenters. The number of anilines is 1. The molecule has 14 heavy (non-hydrogen) atoms. The second-order valence-corrected chi connectivity index (χ2v) is 3.09. The average Bonchev–Trinajstić information content (AvgIpc) is 2.19. The number of nitrogens with one attached hydrogen (secondary N) is 1. The number of non-ortho nitro benzene ring substituents is 1. The SMILES string of the molecule is CCCCNc1cccc([N+](=O)[O-])c1. The van der Waals surface area contributed by atoms with E-state index in [1.54, 1.807) is 12.1 Å². The second kappa shape index (κ2) is 5.21. The monoisotopic (exact) mass is 194 g/mol. The summed E-state index contributed by atoms with van der Waals surface area (Å²) in [5, 5.41) is 13.6. The van der Waals surface area contributed by atoms with Gasteiger partial charge in [0.15, 0.2) is 0 Å². The van der Waals surface area contributed by atoms with Crippen LogP contribution in [-0.2, 0) is 0 Å². The predicted molar refractivity (Wildman–Crippen MR) is 56.5 cm³/mol. The molecule has 76 valence electrons. The van der Waals surface area contributed by atoms with Gasteiger partial charge in [0.05, 0.1) is 4.92 Å². The fourth-order valence-corrected chi connectivity index (χ4v) is 1.14. The molecule has 0 saturated carbocycles. The summed E-state index contributed by atoms with van der Waals surface area (Å²) in [7, 11) is 0. The summed E-state index contributed by atoms with van der Waals surface area (Å²) in [4.78, 5) is 10.1. The van der Waals surface area contributed by atoms with E-state index in [1.807, 2.05) is 6.07 Å². The predicted octanol–water partition coefficient (Wildman–Crippen LogP) is 2.81. The molecule has 0 aliphatic carbocycles. The van der Waals surface area contributed by atoms with Crippen molar-refractivity contribution in [3.05, 3.63) is 34.4 Å². The summed E-state index contributed by atoms with van der Waals surface area (Å²) < 4.78 is 0. The lowest BCUT2D eigenvalue weighted by Crippen LogP contribution is -2.00. The lowest BCUT2D eigenvalue weighted by atomic mass is 10.2. The zero-order valence-corrected chi connectivity index (χ0v) is 8.19. The number of hydrogen-bond donors (Lipinski definition) is 1. The first-order valence-electron chi connectivity index (χ1n) is 4.72. The molecule has 4 heteroatoms. The van der Waals surface area contributed by atoms with Gasteiger partial charge in [-0.25, -0.2) is 0 Å². The molecule has 1 N–H and O–H groups in total. The van der Waals surface area contributed by atoms with Crippen LogP contribution in [0.3, 0.4) is 0 Å². The van der Waals surface area contributed by atoms with Crippen LogP contribution >= 0.6 is 0 Å². The van der Waals surface area contributed by atoms with E-state index in [0.29, 0.717) is 0 Å². The van der Waals surface area contributed by atoms with Crippen LogP contribution < -0.4 is 5.32 Å². The Hall–Kier alpha value is -1.58. The lowest BCUT2D eigenvalue weighted by Gasteiger charge is -2.04. The minimum atomic E-state index is -0.384. The van der Waals surface area contributed by atoms with Crippen molar-refractivity contribution in [3.63, 3.8) is 0 Å². The smallest absolute Gasteiger partial charge is 0.271 e. The first-order chi connectivity index (χ1) is 6.74. The molecule has 0 aliphatic rings. The molecule has 0 atom stereocenters. The molecule has 0 heterocycles. The van der Waals surface area contributed by atoms with Crippen LogP contribution in [0.15, 0.2) is 24.3 Å². The molecule has 0 aliphatic heterocycles. The Morgan fingerprint density at radius 1 is 1.50 bits per heavy atom. The third-order valence-electron chi connectivity index (χ3n) is 1.92. The topological polar surface area (TPSA) is 55.2 Å². The summed E-state index contributed by atoms with van der Waals surface area (Å²) in [5.74, 6) is 0. The number of rotatable bonds is 5. The van der Waals surface area contributed by atoms with E-state index in [0.717, 1.165) is 25.1 Å². The van der Waals surface area contributed by atoms with E-state index in [1.165, 1.54) is 6.07 Å². The van der Waals surface area contributed by atoms with Gasteiger partial charge in [-0.15, -0.1) is 0 Å². The van der Waals surface area contributed by atoms with Crippen molar-refractivity contribution in [1.82, 2.24) is 0 Å². The van der Waals surface area contributed by atoms with Crippen molar-refractivity contribution in [1.29, 1.82) is 0 Å². The number of nitro groups is 1. The highest BCUT2D eigenvalue weighted by Crippen LogP contribution is 2.16. The first-order valence-corrected chi connectivity index (χ1v) is 4.72. The molecule has 0 amide bonds. The summed E-state index contributed by atoms with van der Waals surface area (Å²) in [6.07, 6.45) is 2.19. The highest BCUT2D eigenvalue weighted by atomic mass is 16.6. The Bertz CT molecular complexity index is 313. The molecule has 0 aromatic heterocycles. The van der Waals surface area contributed by atoms with Gasteiger partial charge in [-0.2, -0.15) is 0 Å². The Kier molecular flexibility index (Phi) is 3.91. The van der Waals surface area contributed by atoms with E-state index < -0.39 is 0 Å². The van der Waals surface area contributed by atoms with Gasteiger partial charge in [-0.05, 0) is 12.5 Å². The normalized spacial score (nSPS) is 9.79. The van der Waals surface area contributed by atoms with Crippen molar-refractivity contribution in [2.24, 2.45) is 0 Å². The maximum absolute atomic E-state index is 10.5. The highest BCUT2D eigenvalue weighted by Gasteiger charge is 2.04. The Morgan fingerprint density at radius 2 is 2.29 bits per heavy atom. The van der Waals surface area contributed by atoms with Crippen LogP contribution in [0.2, 0.25) is 0 Å². The molecule has 0 fully saturated rings. The van der Waals surface area contributed by atoms with Gasteiger partial charge >= 0.3 is 0 Å². The number of nitrogens with zero attached hydrogens (tertiary/aromatic N) is 1. The second-order valence-electron chi connectivity index (χ2n) is 3.09. The number of nitro benzene ring substituents is 1. The summed E-state index contributed by atoms with van der Waals surface area (Å²) in [6, 6.07) is 6.57. The van der Waals surface area contributed by atoms with Crippen LogP contribution in [0, 0.1) is 10.1 Å². The fraction of sp³-hybridized carbons (Fsp3) is 0.400. The van der Waals surface area contributed by atoms with E-state index >= 15 is 0 Å². The van der Waals surface area contributed by atoms with Crippen molar-refractivity contribution in [2.75, 3.05) is 11.9 Å². The lowest BCUT2D eigenvalue weighted by molar-refractivity contribution is -0.384. The molecule has 0 radical (unpaired) electrons. The largest absolute Gasteiger partial charge is 0.385 e. The van der Waals surface area contributed by atoms with E-state index in [2.05, 4.69) is 12.2 Å². The Morgan fingerprint density at radius 3 is 2.93 bits per heavy atom. The van der Waals surface area contributed by atoms with Gasteiger partial charge < -0.3 is 5.32 Å². The number of unbranched alkanes of at least 4 members (excludes halogenated alkanes) is 1. The van der Waals surface area contributed by atoms with Crippen LogP contribution in [0.25, 0.3) is 0 Å². The number of hydrogen-bond acceptors (Lipinski definition) is 3. The Balaban J connectivity index is 2.59. The van der Waals surface area contributed by atoms with Crippen molar-refractivity contribution < 1.29 is 4.92 Å². The van der Waals surface area contributed by atoms with Crippen molar-refractivity contribution >= 4 is 11.4 Å². The quantitative estimate of drug-likeness (QED) is 0.445. The van der Waals surface area contributed by atoms with Gasteiger partial charge in [0.2, 0.25) is 0 Å². The standard InChI is InChI=1S/C10H14N2O2/c1-2-3-7-11-9-5-4-6-10(8-9)12(13)14/h4-6,8,11H,2-3,7H2,1H3. The molecule has 1 aromatic carbocycles. The minimum Gasteiger partial charge on any atom is -0.385 e.